The van der Waals surface area contributed by atoms with E-state index in [1.54, 1.807) is 0 Å². The molecule has 0 unspecified atom stereocenters. The van der Waals surface area contributed by atoms with Crippen molar-refractivity contribution >= 4 is 17.8 Å². The monoisotopic (exact) mass is 200 g/mol. The lowest BCUT2D eigenvalue weighted by Crippen LogP contribution is -2.44. The average Bonchev–Trinajstić information content (AvgIpc) is 2.33. The summed E-state index contributed by atoms with van der Waals surface area (Å²) in [5.41, 5.74) is -0.240. The molecule has 14 heavy (non-hydrogen) atoms. The molecule has 1 rings (SSSR count). The summed E-state index contributed by atoms with van der Waals surface area (Å²) in [6, 6.07) is 0. The fraction of sp³-hybridized carbons (Fsp3) is 0.375. The van der Waals surface area contributed by atoms with Crippen LogP contribution in [-0.4, -0.2) is 32.7 Å². The minimum Gasteiger partial charge on any atom is -0.478 e. The van der Waals surface area contributed by atoms with E-state index in [0.29, 0.717) is 0 Å². The highest BCUT2D eigenvalue weighted by atomic mass is 16.6. The van der Waals surface area contributed by atoms with Gasteiger partial charge in [0.15, 0.2) is 6.20 Å². The van der Waals surface area contributed by atoms with Crippen molar-refractivity contribution in [1.82, 2.24) is 0 Å². The third-order valence-corrected chi connectivity index (χ3v) is 2.03. The van der Waals surface area contributed by atoms with E-state index in [1.807, 2.05) is 0 Å². The molecule has 0 saturated carbocycles. The zero-order valence-corrected chi connectivity index (χ0v) is 7.56. The number of carbonyl (C=O) groups is 3. The molecule has 0 atom stereocenters. The average molecular weight is 200 g/mol. The molecule has 0 aromatic carbocycles. The SMILES string of the molecule is CC(=C[N+]1(O)C(=O)CCC1=O)C(=O)O. The van der Waals surface area contributed by atoms with Crippen LogP contribution >= 0.6 is 0 Å². The van der Waals surface area contributed by atoms with Gasteiger partial charge in [0.05, 0.1) is 18.4 Å². The zero-order chi connectivity index (χ0) is 10.9. The molecule has 2 N–H and O–H groups in total. The third kappa shape index (κ3) is 1.57. The highest BCUT2D eigenvalue weighted by Gasteiger charge is 2.49. The second-order valence-corrected chi connectivity index (χ2v) is 3.09. The zero-order valence-electron chi connectivity index (χ0n) is 7.56. The first kappa shape index (κ1) is 10.6. The molecule has 1 aliphatic rings. The fourth-order valence-corrected chi connectivity index (χ4v) is 1.17. The van der Waals surface area contributed by atoms with Crippen LogP contribution in [0, 0.1) is 0 Å². The van der Waals surface area contributed by atoms with Crippen LogP contribution in [0.2, 0.25) is 0 Å². The van der Waals surface area contributed by atoms with Crippen LogP contribution in [0.4, 0.5) is 0 Å². The number of carboxylic acids is 1. The van der Waals surface area contributed by atoms with Crippen molar-refractivity contribution < 1.29 is 29.3 Å². The van der Waals surface area contributed by atoms with Crippen LogP contribution in [0.3, 0.4) is 0 Å². The number of imide groups is 1. The summed E-state index contributed by atoms with van der Waals surface area (Å²) in [4.78, 5) is 32.7. The molecule has 0 radical (unpaired) electrons. The van der Waals surface area contributed by atoms with E-state index in [2.05, 4.69) is 0 Å². The van der Waals surface area contributed by atoms with Crippen LogP contribution in [0.25, 0.3) is 0 Å². The van der Waals surface area contributed by atoms with Gasteiger partial charge < -0.3 is 5.11 Å². The van der Waals surface area contributed by atoms with Crippen molar-refractivity contribution in [3.05, 3.63) is 11.8 Å². The van der Waals surface area contributed by atoms with E-state index >= 15 is 0 Å². The Morgan fingerprint density at radius 1 is 1.36 bits per heavy atom. The maximum absolute atomic E-state index is 11.1. The minimum absolute atomic E-state index is 0.0568. The smallest absolute Gasteiger partial charge is 0.358 e. The minimum atomic E-state index is -1.52. The lowest BCUT2D eigenvalue weighted by molar-refractivity contribution is -0.928. The van der Waals surface area contributed by atoms with Crippen molar-refractivity contribution in [1.29, 1.82) is 0 Å². The van der Waals surface area contributed by atoms with Crippen LogP contribution in [0.1, 0.15) is 19.8 Å². The molecule has 2 amide bonds. The normalized spacial score (nSPS) is 21.4. The summed E-state index contributed by atoms with van der Waals surface area (Å²) < 4.78 is -1.52. The summed E-state index contributed by atoms with van der Waals surface area (Å²) in [6.45, 7) is 1.21. The van der Waals surface area contributed by atoms with E-state index in [0.717, 1.165) is 6.20 Å². The number of rotatable bonds is 2. The van der Waals surface area contributed by atoms with Gasteiger partial charge in [-0.3, -0.25) is 0 Å². The number of nitrogens with zero attached hydrogens (tertiary/aromatic N) is 1. The first-order valence-corrected chi connectivity index (χ1v) is 3.99. The lowest BCUT2D eigenvalue weighted by atomic mass is 10.3. The first-order valence-electron chi connectivity index (χ1n) is 3.99. The number of amides is 2. The van der Waals surface area contributed by atoms with Crippen molar-refractivity contribution in [3.63, 3.8) is 0 Å². The topological polar surface area (TPSA) is 91.7 Å². The van der Waals surface area contributed by atoms with E-state index in [1.165, 1.54) is 6.92 Å². The Balaban J connectivity index is 3.06. The Kier molecular flexibility index (Phi) is 2.50. The highest BCUT2D eigenvalue weighted by Crippen LogP contribution is 2.21. The van der Waals surface area contributed by atoms with Gasteiger partial charge in [-0.25, -0.2) is 14.4 Å². The molecule has 0 aromatic rings. The maximum Gasteiger partial charge on any atom is 0.358 e. The van der Waals surface area contributed by atoms with Crippen molar-refractivity contribution in [2.75, 3.05) is 0 Å². The third-order valence-electron chi connectivity index (χ3n) is 2.03. The molecular formula is C8H10NO5+. The Morgan fingerprint density at radius 3 is 2.14 bits per heavy atom. The molecule has 0 bridgehead atoms. The van der Waals surface area contributed by atoms with Crippen LogP contribution in [0.5, 0.6) is 0 Å². The van der Waals surface area contributed by atoms with Gasteiger partial charge in [0.1, 0.15) is 0 Å². The van der Waals surface area contributed by atoms with E-state index in [-0.39, 0.29) is 18.4 Å². The van der Waals surface area contributed by atoms with Crippen LogP contribution in [0.15, 0.2) is 11.8 Å². The van der Waals surface area contributed by atoms with Gasteiger partial charge in [0.25, 0.3) is 0 Å². The summed E-state index contributed by atoms with van der Waals surface area (Å²) in [5, 5.41) is 18.1. The molecule has 1 aliphatic heterocycles. The summed E-state index contributed by atoms with van der Waals surface area (Å²) >= 11 is 0. The number of quaternary nitrogens is 1. The van der Waals surface area contributed by atoms with Gasteiger partial charge in [-0.15, -0.1) is 0 Å². The highest BCUT2D eigenvalue weighted by molar-refractivity contribution is 5.93. The van der Waals surface area contributed by atoms with Gasteiger partial charge >= 0.3 is 17.8 Å². The van der Waals surface area contributed by atoms with Gasteiger partial charge in [-0.05, 0) is 11.6 Å². The van der Waals surface area contributed by atoms with Gasteiger partial charge in [-0.1, -0.05) is 0 Å². The number of aliphatic carboxylic acids is 1. The van der Waals surface area contributed by atoms with Crippen molar-refractivity contribution in [3.8, 4) is 0 Å². The molecule has 0 aliphatic carbocycles. The van der Waals surface area contributed by atoms with Gasteiger partial charge in [0.2, 0.25) is 0 Å². The molecule has 0 aromatic heterocycles. The lowest BCUT2D eigenvalue weighted by Gasteiger charge is -2.13. The molecule has 1 saturated heterocycles. The predicted molar refractivity (Wildman–Crippen MR) is 42.7 cm³/mol. The van der Waals surface area contributed by atoms with E-state index in [4.69, 9.17) is 5.11 Å². The van der Waals surface area contributed by atoms with Crippen LogP contribution in [-0.2, 0) is 14.4 Å². The quantitative estimate of drug-likeness (QED) is 0.284. The number of hydroxylamine groups is 3. The van der Waals surface area contributed by atoms with Crippen molar-refractivity contribution in [2.24, 2.45) is 0 Å². The Hall–Kier alpha value is -1.53. The van der Waals surface area contributed by atoms with Crippen LogP contribution < -0.4 is 0 Å². The second-order valence-electron chi connectivity index (χ2n) is 3.09. The van der Waals surface area contributed by atoms with Crippen molar-refractivity contribution in [2.45, 2.75) is 19.8 Å². The summed E-state index contributed by atoms with van der Waals surface area (Å²) in [5.74, 6) is -2.67. The van der Waals surface area contributed by atoms with E-state index in [9.17, 15) is 19.6 Å². The number of carboxylic acid groups (broad SMARTS) is 1. The molecule has 6 heteroatoms. The number of carbonyl (C=O) groups excluding carboxylic acids is 2. The Morgan fingerprint density at radius 2 is 1.79 bits per heavy atom. The van der Waals surface area contributed by atoms with E-state index < -0.39 is 22.4 Å². The Labute approximate surface area is 79.6 Å². The number of hydrogen-bond donors (Lipinski definition) is 2. The number of likely N-dealkylation sites (tertiary alicyclic amines) is 1. The largest absolute Gasteiger partial charge is 0.478 e. The van der Waals surface area contributed by atoms with Gasteiger partial charge in [0, 0.05) is 0 Å². The van der Waals surface area contributed by atoms with Gasteiger partial charge in [-0.2, -0.15) is 5.21 Å². The molecule has 6 nitrogen and oxygen atoms in total. The maximum atomic E-state index is 11.1. The first-order chi connectivity index (χ1) is 6.38. The fourth-order valence-electron chi connectivity index (χ4n) is 1.17. The molecule has 0 spiro atoms. The summed E-state index contributed by atoms with van der Waals surface area (Å²) in [6.07, 6.45) is 0.636. The molecule has 1 heterocycles. The molecule has 76 valence electrons. The molecular weight excluding hydrogens is 190 g/mol. The second kappa shape index (κ2) is 3.32. The summed E-state index contributed by atoms with van der Waals surface area (Å²) in [7, 11) is 0. The predicted octanol–water partition coefficient (Wildman–Crippen LogP) is 0.0278. The Bertz CT molecular complexity index is 328. The standard InChI is InChI=1S/C8H9NO5/c1-5(8(12)13)4-9(14)6(10)2-3-7(9)11/h4,14H,2-3H2,1H3/p+1. The molecule has 1 fully saturated rings. The number of hydrogen-bond acceptors (Lipinski definition) is 4.